The molecule has 1 aliphatic heterocycles. The van der Waals surface area contributed by atoms with Crippen LogP contribution in [0.4, 0.5) is 0 Å². The van der Waals surface area contributed by atoms with E-state index in [9.17, 15) is 0 Å². The molecule has 3 rings (SSSR count). The quantitative estimate of drug-likeness (QED) is 0.813. The van der Waals surface area contributed by atoms with Gasteiger partial charge >= 0.3 is 0 Å². The van der Waals surface area contributed by atoms with Crippen LogP contribution in [0, 0.1) is 5.92 Å². The highest BCUT2D eigenvalue weighted by molar-refractivity contribution is 4.93. The van der Waals surface area contributed by atoms with E-state index in [-0.39, 0.29) is 5.60 Å². The second kappa shape index (κ2) is 5.27. The maximum absolute atomic E-state index is 6.09. The number of hydrogen-bond acceptors (Lipinski definition) is 2. The van der Waals surface area contributed by atoms with Gasteiger partial charge in [-0.15, -0.1) is 0 Å². The lowest BCUT2D eigenvalue weighted by Crippen LogP contribution is -2.46. The van der Waals surface area contributed by atoms with E-state index in [1.165, 1.54) is 70.8 Å². The summed E-state index contributed by atoms with van der Waals surface area (Å²) < 4.78 is 6.09. The lowest BCUT2D eigenvalue weighted by molar-refractivity contribution is -0.0838. The van der Waals surface area contributed by atoms with Crippen molar-refractivity contribution >= 4 is 0 Å². The summed E-state index contributed by atoms with van der Waals surface area (Å²) in [6.07, 6.45) is 13.7. The molecule has 1 atom stereocenters. The molecule has 2 aliphatic carbocycles. The molecule has 1 spiro atoms. The van der Waals surface area contributed by atoms with Crippen LogP contribution in [0.5, 0.6) is 0 Å². The van der Waals surface area contributed by atoms with E-state index >= 15 is 0 Å². The van der Waals surface area contributed by atoms with Gasteiger partial charge in [0.15, 0.2) is 0 Å². The average molecular weight is 237 g/mol. The molecule has 2 saturated carbocycles. The van der Waals surface area contributed by atoms with Crippen molar-refractivity contribution < 1.29 is 4.74 Å². The molecular formula is C15H27NO. The van der Waals surface area contributed by atoms with Crippen molar-refractivity contribution in [2.45, 2.75) is 75.9 Å². The second-order valence-electron chi connectivity index (χ2n) is 6.49. The van der Waals surface area contributed by atoms with Crippen molar-refractivity contribution in [2.75, 3.05) is 13.2 Å². The maximum atomic E-state index is 6.09. The molecule has 0 radical (unpaired) electrons. The van der Waals surface area contributed by atoms with Crippen LogP contribution in [-0.2, 0) is 4.74 Å². The average Bonchev–Trinajstić information content (AvgIpc) is 2.99. The molecule has 98 valence electrons. The lowest BCUT2D eigenvalue weighted by atomic mass is 9.88. The van der Waals surface area contributed by atoms with E-state index in [0.29, 0.717) is 0 Å². The second-order valence-corrected chi connectivity index (χ2v) is 6.49. The molecule has 1 unspecified atom stereocenters. The lowest BCUT2D eigenvalue weighted by Gasteiger charge is -2.39. The first-order valence-electron chi connectivity index (χ1n) is 7.74. The Labute approximate surface area is 105 Å². The Kier molecular flexibility index (Phi) is 3.72. The molecule has 2 nitrogen and oxygen atoms in total. The summed E-state index contributed by atoms with van der Waals surface area (Å²) in [5.74, 6) is 0.970. The van der Waals surface area contributed by atoms with Crippen LogP contribution in [-0.4, -0.2) is 24.8 Å². The third-order valence-corrected chi connectivity index (χ3v) is 5.18. The topological polar surface area (TPSA) is 21.3 Å². The summed E-state index contributed by atoms with van der Waals surface area (Å²) in [4.78, 5) is 0. The van der Waals surface area contributed by atoms with Crippen LogP contribution in [0.2, 0.25) is 0 Å². The molecule has 1 saturated heterocycles. The summed E-state index contributed by atoms with van der Waals surface area (Å²) in [5.41, 5.74) is 0.283. The summed E-state index contributed by atoms with van der Waals surface area (Å²) in [5, 5.41) is 3.83. The van der Waals surface area contributed by atoms with Gasteiger partial charge in [0.2, 0.25) is 0 Å². The van der Waals surface area contributed by atoms with Gasteiger partial charge in [-0.1, -0.05) is 25.7 Å². The first kappa shape index (κ1) is 12.0. The van der Waals surface area contributed by atoms with Crippen LogP contribution in [0.1, 0.15) is 64.2 Å². The standard InChI is InChI=1S/C15H27NO/c1-2-6-13(5-1)12-16-14-7-10-17-15(11-14)8-3-4-9-15/h13-14,16H,1-12H2. The highest BCUT2D eigenvalue weighted by Gasteiger charge is 2.39. The predicted octanol–water partition coefficient (Wildman–Crippen LogP) is 3.26. The normalized spacial score (nSPS) is 33.5. The minimum absolute atomic E-state index is 0.283. The highest BCUT2D eigenvalue weighted by atomic mass is 16.5. The number of ether oxygens (including phenoxy) is 1. The van der Waals surface area contributed by atoms with E-state index in [1.807, 2.05) is 0 Å². The van der Waals surface area contributed by atoms with Crippen LogP contribution >= 0.6 is 0 Å². The van der Waals surface area contributed by atoms with Crippen molar-refractivity contribution in [1.82, 2.24) is 5.32 Å². The fraction of sp³-hybridized carbons (Fsp3) is 1.00. The van der Waals surface area contributed by atoms with E-state index < -0.39 is 0 Å². The molecule has 0 amide bonds. The third kappa shape index (κ3) is 2.85. The molecule has 1 heterocycles. The Hall–Kier alpha value is -0.0800. The molecule has 17 heavy (non-hydrogen) atoms. The summed E-state index contributed by atoms with van der Waals surface area (Å²) in [7, 11) is 0. The van der Waals surface area contributed by atoms with Crippen LogP contribution in [0.3, 0.4) is 0 Å². The molecule has 0 aromatic rings. The highest BCUT2D eigenvalue weighted by Crippen LogP contribution is 2.40. The Morgan fingerprint density at radius 2 is 1.76 bits per heavy atom. The zero-order valence-corrected chi connectivity index (χ0v) is 11.0. The van der Waals surface area contributed by atoms with Gasteiger partial charge in [0.05, 0.1) is 5.60 Å². The van der Waals surface area contributed by atoms with Gasteiger partial charge in [-0.3, -0.25) is 0 Å². The van der Waals surface area contributed by atoms with Crippen LogP contribution in [0.25, 0.3) is 0 Å². The van der Waals surface area contributed by atoms with E-state index in [0.717, 1.165) is 18.6 Å². The van der Waals surface area contributed by atoms with Gasteiger partial charge in [0.1, 0.15) is 0 Å². The first-order chi connectivity index (χ1) is 8.36. The minimum atomic E-state index is 0.283. The third-order valence-electron chi connectivity index (χ3n) is 5.18. The molecular weight excluding hydrogens is 210 g/mol. The van der Waals surface area contributed by atoms with E-state index in [1.54, 1.807) is 0 Å². The smallest absolute Gasteiger partial charge is 0.0697 e. The molecule has 3 fully saturated rings. The maximum Gasteiger partial charge on any atom is 0.0697 e. The molecule has 0 aromatic heterocycles. The zero-order valence-electron chi connectivity index (χ0n) is 11.0. The monoisotopic (exact) mass is 237 g/mol. The minimum Gasteiger partial charge on any atom is -0.375 e. The van der Waals surface area contributed by atoms with Crippen molar-refractivity contribution in [3.63, 3.8) is 0 Å². The Morgan fingerprint density at radius 3 is 2.53 bits per heavy atom. The van der Waals surface area contributed by atoms with Crippen molar-refractivity contribution in [3.05, 3.63) is 0 Å². The molecule has 0 aromatic carbocycles. The zero-order chi connectivity index (χ0) is 11.6. The number of rotatable bonds is 3. The van der Waals surface area contributed by atoms with Gasteiger partial charge in [0.25, 0.3) is 0 Å². The van der Waals surface area contributed by atoms with Gasteiger partial charge < -0.3 is 10.1 Å². The Balaban J connectivity index is 1.46. The fourth-order valence-corrected chi connectivity index (χ4v) is 4.12. The van der Waals surface area contributed by atoms with Gasteiger partial charge in [-0.05, 0) is 51.0 Å². The van der Waals surface area contributed by atoms with Crippen LogP contribution in [0.15, 0.2) is 0 Å². The molecule has 0 bridgehead atoms. The van der Waals surface area contributed by atoms with Gasteiger partial charge in [-0.2, -0.15) is 0 Å². The summed E-state index contributed by atoms with van der Waals surface area (Å²) >= 11 is 0. The fourth-order valence-electron chi connectivity index (χ4n) is 4.12. The van der Waals surface area contributed by atoms with Gasteiger partial charge in [-0.25, -0.2) is 0 Å². The van der Waals surface area contributed by atoms with E-state index in [2.05, 4.69) is 5.32 Å². The Morgan fingerprint density at radius 1 is 1.00 bits per heavy atom. The van der Waals surface area contributed by atoms with Crippen molar-refractivity contribution in [2.24, 2.45) is 5.92 Å². The van der Waals surface area contributed by atoms with Crippen LogP contribution < -0.4 is 5.32 Å². The molecule has 1 N–H and O–H groups in total. The summed E-state index contributed by atoms with van der Waals surface area (Å²) in [6, 6.07) is 0.738. The SMILES string of the molecule is C1CCC(CNC2CCOC3(CCCC3)C2)C1. The predicted molar refractivity (Wildman–Crippen MR) is 70.1 cm³/mol. The van der Waals surface area contributed by atoms with Gasteiger partial charge in [0, 0.05) is 12.6 Å². The number of nitrogens with one attached hydrogen (secondary N) is 1. The molecule has 2 heteroatoms. The molecule has 3 aliphatic rings. The van der Waals surface area contributed by atoms with Crippen molar-refractivity contribution in [3.8, 4) is 0 Å². The first-order valence-corrected chi connectivity index (χ1v) is 7.74. The largest absolute Gasteiger partial charge is 0.375 e. The Bertz CT molecular complexity index is 241. The van der Waals surface area contributed by atoms with Crippen molar-refractivity contribution in [1.29, 1.82) is 0 Å². The summed E-state index contributed by atoms with van der Waals surface area (Å²) in [6.45, 7) is 2.25. The van der Waals surface area contributed by atoms with E-state index in [4.69, 9.17) is 4.74 Å². The number of hydrogen-bond donors (Lipinski definition) is 1.